The van der Waals surface area contributed by atoms with Crippen LogP contribution >= 0.6 is 11.3 Å². The number of methoxy groups -OCH3 is 3. The Bertz CT molecular complexity index is 1520. The molecule has 0 fully saturated rings. The fraction of sp³-hybridized carbons (Fsp3) is 0.222. The van der Waals surface area contributed by atoms with Gasteiger partial charge in [0.2, 0.25) is 0 Å². The molecule has 1 aromatic heterocycles. The maximum absolute atomic E-state index is 13.7. The molecule has 3 aromatic rings. The second-order valence-electron chi connectivity index (χ2n) is 7.85. The Morgan fingerprint density at radius 2 is 1.78 bits per heavy atom. The normalized spacial score (nSPS) is 15.1. The largest absolute Gasteiger partial charge is 0.497 e. The Balaban J connectivity index is 1.92. The van der Waals surface area contributed by atoms with Crippen molar-refractivity contribution >= 4 is 23.4 Å². The molecule has 0 N–H and O–H groups in total. The van der Waals surface area contributed by atoms with Gasteiger partial charge in [0.05, 0.1) is 43.2 Å². The van der Waals surface area contributed by atoms with Crippen molar-refractivity contribution in [2.24, 2.45) is 4.99 Å². The van der Waals surface area contributed by atoms with Gasteiger partial charge in [-0.2, -0.15) is 0 Å². The van der Waals surface area contributed by atoms with E-state index in [9.17, 15) is 9.59 Å². The number of ether oxygens (including phenoxy) is 4. The highest BCUT2D eigenvalue weighted by molar-refractivity contribution is 7.07. The first-order chi connectivity index (χ1) is 17.4. The second kappa shape index (κ2) is 10.7. The number of fused-ring (bicyclic) bond motifs is 1. The van der Waals surface area contributed by atoms with Gasteiger partial charge in [-0.25, -0.2) is 9.79 Å². The Morgan fingerprint density at radius 3 is 2.42 bits per heavy atom. The van der Waals surface area contributed by atoms with Gasteiger partial charge in [-0.1, -0.05) is 36.1 Å². The molecule has 0 saturated carbocycles. The third kappa shape index (κ3) is 4.70. The van der Waals surface area contributed by atoms with E-state index in [2.05, 4.69) is 11.6 Å². The smallest absolute Gasteiger partial charge is 0.338 e. The molecular formula is C27H26N2O6S. The molecule has 1 aliphatic heterocycles. The van der Waals surface area contributed by atoms with E-state index in [0.717, 1.165) is 5.56 Å². The molecule has 4 rings (SSSR count). The number of rotatable bonds is 8. The van der Waals surface area contributed by atoms with Gasteiger partial charge in [0.1, 0.15) is 23.9 Å². The molecule has 0 unspecified atom stereocenters. The highest BCUT2D eigenvalue weighted by atomic mass is 32.1. The van der Waals surface area contributed by atoms with Crippen LogP contribution in [0.25, 0.3) is 6.08 Å². The second-order valence-corrected chi connectivity index (χ2v) is 8.86. The van der Waals surface area contributed by atoms with Gasteiger partial charge in [0, 0.05) is 11.6 Å². The van der Waals surface area contributed by atoms with Gasteiger partial charge < -0.3 is 18.9 Å². The summed E-state index contributed by atoms with van der Waals surface area (Å²) >= 11 is 1.24. The van der Waals surface area contributed by atoms with Gasteiger partial charge in [-0.15, -0.1) is 0 Å². The zero-order chi connectivity index (χ0) is 25.8. The molecule has 8 nitrogen and oxygen atoms in total. The van der Waals surface area contributed by atoms with Crippen LogP contribution in [0.15, 0.2) is 76.2 Å². The lowest BCUT2D eigenvalue weighted by atomic mass is 9.96. The number of hydrogen-bond acceptors (Lipinski definition) is 8. The summed E-state index contributed by atoms with van der Waals surface area (Å²) in [7, 11) is 4.71. The van der Waals surface area contributed by atoms with Crippen LogP contribution in [-0.2, 0) is 9.53 Å². The monoisotopic (exact) mass is 506 g/mol. The molecule has 0 aliphatic carbocycles. The zero-order valence-corrected chi connectivity index (χ0v) is 21.3. The minimum atomic E-state index is -0.718. The van der Waals surface area contributed by atoms with Crippen LogP contribution in [0.3, 0.4) is 0 Å². The van der Waals surface area contributed by atoms with E-state index in [1.165, 1.54) is 22.0 Å². The molecule has 2 heterocycles. The van der Waals surface area contributed by atoms with Crippen LogP contribution in [0.5, 0.6) is 17.2 Å². The maximum Gasteiger partial charge on any atom is 0.338 e. The lowest BCUT2D eigenvalue weighted by Gasteiger charge is -2.24. The fourth-order valence-electron chi connectivity index (χ4n) is 3.98. The lowest BCUT2D eigenvalue weighted by Crippen LogP contribution is -2.39. The van der Waals surface area contributed by atoms with Gasteiger partial charge in [0.25, 0.3) is 5.56 Å². The van der Waals surface area contributed by atoms with Gasteiger partial charge in [-0.05, 0) is 42.8 Å². The summed E-state index contributed by atoms with van der Waals surface area (Å²) in [6.45, 7) is 5.39. The topological polar surface area (TPSA) is 88.4 Å². The third-order valence-electron chi connectivity index (χ3n) is 5.73. The number of aromatic nitrogens is 1. The van der Waals surface area contributed by atoms with E-state index < -0.39 is 12.0 Å². The van der Waals surface area contributed by atoms with Gasteiger partial charge >= 0.3 is 5.97 Å². The van der Waals surface area contributed by atoms with Crippen molar-refractivity contribution in [2.45, 2.75) is 13.0 Å². The molecule has 0 bridgehead atoms. The Hall–Kier alpha value is -4.11. The third-order valence-corrected chi connectivity index (χ3v) is 6.72. The van der Waals surface area contributed by atoms with Crippen molar-refractivity contribution in [1.29, 1.82) is 0 Å². The van der Waals surface area contributed by atoms with E-state index >= 15 is 0 Å². The number of benzene rings is 2. The van der Waals surface area contributed by atoms with Crippen molar-refractivity contribution in [3.8, 4) is 17.2 Å². The lowest BCUT2D eigenvalue weighted by molar-refractivity contribution is -0.138. The average Bonchev–Trinajstić information content (AvgIpc) is 3.20. The molecular weight excluding hydrogens is 480 g/mol. The number of carbonyl (C=O) groups is 1. The highest BCUT2D eigenvalue weighted by Gasteiger charge is 2.33. The minimum absolute atomic E-state index is 0.0482. The molecule has 0 amide bonds. The standard InChI is InChI=1S/C27H26N2O6S/c1-6-13-35-26(31)23-16(2)28-27-29(24(23)17-7-10-19(32-3)11-8-17)25(30)22(36-27)14-18-9-12-20(33-4)15-21(18)34-5/h6-12,14-15,24H,1,13H2,2-5H3/b22-14+/t24-/m0/s1. The summed E-state index contributed by atoms with van der Waals surface area (Å²) < 4.78 is 23.4. The van der Waals surface area contributed by atoms with Crippen molar-refractivity contribution in [3.05, 3.63) is 97.2 Å². The molecule has 1 atom stereocenters. The number of carbonyl (C=O) groups excluding carboxylic acids is 1. The molecule has 0 saturated heterocycles. The van der Waals surface area contributed by atoms with Gasteiger partial charge in [-0.3, -0.25) is 9.36 Å². The SMILES string of the molecule is C=CCOC(=O)C1=C(C)N=c2s/c(=C/c3ccc(OC)cc3OC)c(=O)n2[C@H]1c1ccc(OC)cc1. The molecule has 186 valence electrons. The van der Waals surface area contributed by atoms with E-state index in [4.69, 9.17) is 18.9 Å². The van der Waals surface area contributed by atoms with Crippen molar-refractivity contribution in [2.75, 3.05) is 27.9 Å². The Morgan fingerprint density at radius 1 is 1.08 bits per heavy atom. The Kier molecular flexibility index (Phi) is 7.40. The average molecular weight is 507 g/mol. The number of nitrogens with zero attached hydrogens (tertiary/aromatic N) is 2. The molecule has 9 heteroatoms. The van der Waals surface area contributed by atoms with Crippen LogP contribution in [0.2, 0.25) is 0 Å². The first-order valence-electron chi connectivity index (χ1n) is 11.1. The predicted molar refractivity (Wildman–Crippen MR) is 137 cm³/mol. The molecule has 2 aromatic carbocycles. The van der Waals surface area contributed by atoms with E-state index in [1.54, 1.807) is 58.6 Å². The van der Waals surface area contributed by atoms with Crippen LogP contribution < -0.4 is 29.1 Å². The van der Waals surface area contributed by atoms with Crippen molar-refractivity contribution < 1.29 is 23.7 Å². The summed E-state index contributed by atoms with van der Waals surface area (Å²) in [6.07, 6.45) is 3.25. The first-order valence-corrected chi connectivity index (χ1v) is 11.9. The molecule has 36 heavy (non-hydrogen) atoms. The van der Waals surface area contributed by atoms with E-state index in [1.807, 2.05) is 18.2 Å². The summed E-state index contributed by atoms with van der Waals surface area (Å²) in [5.41, 5.74) is 1.94. The van der Waals surface area contributed by atoms with E-state index in [0.29, 0.717) is 43.4 Å². The van der Waals surface area contributed by atoms with Gasteiger partial charge in [0.15, 0.2) is 4.80 Å². The number of allylic oxidation sites excluding steroid dienone is 1. The first kappa shape index (κ1) is 25.0. The van der Waals surface area contributed by atoms with Crippen LogP contribution in [0.1, 0.15) is 24.1 Å². The number of esters is 1. The summed E-state index contributed by atoms with van der Waals surface area (Å²) in [5, 5.41) is 0. The number of hydrogen-bond donors (Lipinski definition) is 0. The van der Waals surface area contributed by atoms with Crippen LogP contribution in [0.4, 0.5) is 0 Å². The summed E-state index contributed by atoms with van der Waals surface area (Å²) in [5.74, 6) is 1.32. The minimum Gasteiger partial charge on any atom is -0.497 e. The maximum atomic E-state index is 13.7. The molecule has 1 aliphatic rings. The highest BCUT2D eigenvalue weighted by Crippen LogP contribution is 2.32. The fourth-order valence-corrected chi connectivity index (χ4v) is 5.01. The van der Waals surface area contributed by atoms with E-state index in [-0.39, 0.29) is 12.2 Å². The van der Waals surface area contributed by atoms with Crippen molar-refractivity contribution in [1.82, 2.24) is 4.57 Å². The zero-order valence-electron chi connectivity index (χ0n) is 20.4. The number of thiazole rings is 1. The summed E-state index contributed by atoms with van der Waals surface area (Å²) in [6, 6.07) is 11.9. The molecule has 0 spiro atoms. The predicted octanol–water partition coefficient (Wildman–Crippen LogP) is 2.99. The quantitative estimate of drug-likeness (QED) is 0.345. The Labute approximate surface area is 212 Å². The van der Waals surface area contributed by atoms with Crippen LogP contribution in [0, 0.1) is 0 Å². The van der Waals surface area contributed by atoms with Crippen molar-refractivity contribution in [3.63, 3.8) is 0 Å². The molecule has 0 radical (unpaired) electrons. The summed E-state index contributed by atoms with van der Waals surface area (Å²) in [4.78, 5) is 31.9. The van der Waals surface area contributed by atoms with Crippen LogP contribution in [-0.4, -0.2) is 38.5 Å².